The number of unbranched alkanes of at least 4 members (excludes halogenated alkanes) is 1. The third-order valence-corrected chi connectivity index (χ3v) is 22.1. The number of hydrogen-bond donors (Lipinski definition) is 7. The van der Waals surface area contributed by atoms with Gasteiger partial charge in [-0.1, -0.05) is 105 Å². The van der Waals surface area contributed by atoms with Crippen molar-refractivity contribution in [3.63, 3.8) is 0 Å². The molecule has 9 rings (SSSR count). The minimum Gasteiger partial charge on any atom is -0.495 e. The molecule has 0 atom stereocenters. The van der Waals surface area contributed by atoms with Crippen molar-refractivity contribution in [3.05, 3.63) is 192 Å². The number of Topliss-reactive ketones (excluding diaryl/α,β-unsaturated/α-hetero) is 1. The highest BCUT2D eigenvalue weighted by Gasteiger charge is 2.26. The molecule has 0 saturated heterocycles. The predicted molar refractivity (Wildman–Crippen MR) is 442 cm³/mol. The quantitative estimate of drug-likeness (QED) is 0.00852. The van der Waals surface area contributed by atoms with Gasteiger partial charge in [0.05, 0.1) is 83.9 Å². The first-order valence-corrected chi connectivity index (χ1v) is 43.4. The van der Waals surface area contributed by atoms with Crippen molar-refractivity contribution < 1.29 is 47.3 Å². The van der Waals surface area contributed by atoms with Gasteiger partial charge < -0.3 is 74.8 Å². The molecule has 0 saturated carbocycles. The van der Waals surface area contributed by atoms with Crippen molar-refractivity contribution in [1.29, 1.82) is 0 Å². The van der Waals surface area contributed by atoms with Gasteiger partial charge in [0.2, 0.25) is 23.8 Å². The molecule has 0 aliphatic rings. The molecule has 28 nitrogen and oxygen atoms in total. The number of methoxy groups -OCH3 is 3. The molecule has 0 unspecified atom stereocenters. The SMILES string of the molecule is C=CC(=O)Nc1cc(Nc2ncc(Cl)c(Nc3ccccc3P(C)(C)=O)n2)c(OC)cc1CCCN(CC)CC.CCCCc1cc(OC)c(Nc2ncc(Cl)c(Nc3ccccc3P(C)(C)=O)n2)cc1[N+](=O)[O-].COc1cc(CCC(C)=O)c([N+](=O)[O-])cc1Nc1ncc(Cl)c(Nc2ccccc2P(C)(C)=O)n1. The molecule has 0 aliphatic heterocycles. The van der Waals surface area contributed by atoms with Crippen LogP contribution in [0.4, 0.5) is 86.5 Å². The van der Waals surface area contributed by atoms with Crippen molar-refractivity contribution in [2.24, 2.45) is 0 Å². The van der Waals surface area contributed by atoms with Crippen molar-refractivity contribution in [1.82, 2.24) is 34.8 Å². The maximum Gasteiger partial charge on any atom is 0.274 e. The molecule has 34 heteroatoms. The summed E-state index contributed by atoms with van der Waals surface area (Å²) in [5.41, 5.74) is 5.49. The van der Waals surface area contributed by atoms with E-state index in [1.165, 1.54) is 64.0 Å². The minimum absolute atomic E-state index is 0.000339. The lowest BCUT2D eigenvalue weighted by atomic mass is 10.0. The number of carbonyl (C=O) groups is 2. The number of halogens is 3. The molecule has 6 aromatic carbocycles. The number of aryl methyl sites for hydroxylation is 3. The van der Waals surface area contributed by atoms with E-state index in [1.807, 2.05) is 49.4 Å². The second-order valence-electron chi connectivity index (χ2n) is 25.7. The number of aromatic nitrogens is 6. The highest BCUT2D eigenvalue weighted by Crippen LogP contribution is 2.44. The first-order chi connectivity index (χ1) is 51.7. The number of rotatable bonds is 34. The van der Waals surface area contributed by atoms with Crippen molar-refractivity contribution in [2.45, 2.75) is 72.6 Å². The van der Waals surface area contributed by atoms with Crippen LogP contribution in [0.5, 0.6) is 17.2 Å². The summed E-state index contributed by atoms with van der Waals surface area (Å²) in [6.45, 7) is 24.4. The van der Waals surface area contributed by atoms with Gasteiger partial charge in [-0.05, 0) is 171 Å². The molecule has 7 N–H and O–H groups in total. The number of anilines is 13. The van der Waals surface area contributed by atoms with Gasteiger partial charge in [0.15, 0.2) is 17.5 Å². The second kappa shape index (κ2) is 39.9. The minimum atomic E-state index is -2.58. The van der Waals surface area contributed by atoms with Crippen LogP contribution in [-0.4, -0.2) is 137 Å². The lowest BCUT2D eigenvalue weighted by Gasteiger charge is -2.20. The van der Waals surface area contributed by atoms with Gasteiger partial charge in [-0.3, -0.25) is 25.0 Å². The third kappa shape index (κ3) is 24.7. The van der Waals surface area contributed by atoms with E-state index >= 15 is 0 Å². The summed E-state index contributed by atoms with van der Waals surface area (Å²) in [7, 11) is -3.18. The van der Waals surface area contributed by atoms with Gasteiger partial charge in [0.1, 0.15) is 59.5 Å². The lowest BCUT2D eigenvalue weighted by molar-refractivity contribution is -0.385. The normalized spacial score (nSPS) is 11.2. The molecule has 9 aromatic rings. The van der Waals surface area contributed by atoms with Crippen LogP contribution in [0.15, 0.2) is 140 Å². The molecule has 3 heterocycles. The summed E-state index contributed by atoms with van der Waals surface area (Å²) in [5, 5.41) is 47.6. The topological polar surface area (TPSA) is 364 Å². The van der Waals surface area contributed by atoms with E-state index in [0.29, 0.717) is 101 Å². The van der Waals surface area contributed by atoms with E-state index in [4.69, 9.17) is 49.0 Å². The number of para-hydroxylation sites is 3. The number of nitro groups is 2. The summed E-state index contributed by atoms with van der Waals surface area (Å²) in [4.78, 5) is 74.4. The predicted octanol–water partition coefficient (Wildman–Crippen LogP) is 17.7. The van der Waals surface area contributed by atoms with Crippen LogP contribution in [0.3, 0.4) is 0 Å². The Balaban J connectivity index is 0.000000228. The maximum absolute atomic E-state index is 12.8. The number of nitrogens with zero attached hydrogens (tertiary/aromatic N) is 9. The largest absolute Gasteiger partial charge is 0.495 e. The number of hydrogen-bond acceptors (Lipinski definition) is 25. The molecule has 1 amide bonds. The summed E-state index contributed by atoms with van der Waals surface area (Å²) in [5.74, 6) is 2.40. The molecule has 0 aliphatic carbocycles. The van der Waals surface area contributed by atoms with Crippen molar-refractivity contribution >= 4 is 170 Å². The van der Waals surface area contributed by atoms with Gasteiger partial charge >= 0.3 is 0 Å². The maximum atomic E-state index is 12.8. The van der Waals surface area contributed by atoms with Gasteiger partial charge in [0, 0.05) is 51.3 Å². The highest BCUT2D eigenvalue weighted by molar-refractivity contribution is 7.71. The average molecular weight is 1610 g/mol. The summed E-state index contributed by atoms with van der Waals surface area (Å²) < 4.78 is 54.7. The first kappa shape index (κ1) is 86.2. The fraction of sp³-hybridized carbons (Fsp3) is 0.307. The van der Waals surface area contributed by atoms with E-state index in [-0.39, 0.29) is 75.3 Å². The monoisotopic (exact) mass is 1600 g/mol. The van der Waals surface area contributed by atoms with Gasteiger partial charge in [-0.2, -0.15) is 15.0 Å². The van der Waals surface area contributed by atoms with Crippen LogP contribution >= 0.6 is 56.2 Å². The van der Waals surface area contributed by atoms with E-state index < -0.39 is 31.3 Å². The first-order valence-electron chi connectivity index (χ1n) is 34.4. The molecule has 0 radical (unpaired) electrons. The van der Waals surface area contributed by atoms with Gasteiger partial charge in [-0.25, -0.2) is 15.0 Å². The average Bonchev–Trinajstić information content (AvgIpc) is 0.824. The van der Waals surface area contributed by atoms with Gasteiger partial charge in [0.25, 0.3) is 11.4 Å². The molecule has 0 fully saturated rings. The molecule has 0 spiro atoms. The third-order valence-electron chi connectivity index (χ3n) is 16.6. The number of benzene rings is 6. The molecular weight excluding hydrogens is 1520 g/mol. The Morgan fingerprint density at radius 3 is 1.18 bits per heavy atom. The van der Waals surface area contributed by atoms with Crippen LogP contribution in [-0.2, 0) is 42.5 Å². The fourth-order valence-corrected chi connectivity index (χ4v) is 14.9. The summed E-state index contributed by atoms with van der Waals surface area (Å²) in [6, 6.07) is 31.4. The van der Waals surface area contributed by atoms with Crippen molar-refractivity contribution in [3.8, 4) is 17.2 Å². The Labute approximate surface area is 649 Å². The Morgan fingerprint density at radius 1 is 0.505 bits per heavy atom. The smallest absolute Gasteiger partial charge is 0.274 e. The van der Waals surface area contributed by atoms with E-state index in [1.54, 1.807) is 95.6 Å². The molecule has 109 heavy (non-hydrogen) atoms. The molecule has 3 aromatic heterocycles. The van der Waals surface area contributed by atoms with E-state index in [0.717, 1.165) is 50.9 Å². The molecule has 578 valence electrons. The standard InChI is InChI=1S/C29H38ClN6O3P.C23H25ClN5O5P.C23H27ClN5O4P/c1-7-27(37)32-23-18-24(25(39-4)17-20(23)13-12-16-36(8-2)9-3)34-29-31-19-21(30)28(35-29)33-22-14-10-11-15-26(22)40(5,6)38;1-14(30)9-10-15-11-20(34-2)18(12-19(15)29(31)32)27-23-25-13-16(24)22(28-23)26-17-7-5-6-8-21(17)35(3,4)33;1-5-6-9-15-12-20(33-2)18(13-19(15)29(30)31)27-23-25-14-16(24)22(28-23)26-17-10-7-8-11-21(17)34(3,4)32/h7,10-11,14-15,17-19H,1,8-9,12-13,16H2,2-6H3,(H,32,37)(H2,31,33,34,35);5-8,11-13H,9-10H2,1-4H3,(H2,25,26,27,28);7-8,10-14H,5-6,9H2,1-4H3,(H2,25,26,27,28). The molecule has 0 bridgehead atoms. The number of carbonyl (C=O) groups excluding carboxylic acids is 2. The van der Waals surface area contributed by atoms with E-state index in [9.17, 15) is 43.5 Å². The highest BCUT2D eigenvalue weighted by atomic mass is 35.5. The second-order valence-corrected chi connectivity index (χ2v) is 36.5. The number of amides is 1. The number of nitrogens with one attached hydrogen (secondary N) is 7. The van der Waals surface area contributed by atoms with Crippen LogP contribution < -0.4 is 67.3 Å². The Kier molecular flexibility index (Phi) is 31.5. The Bertz CT molecular complexity index is 4930. The zero-order chi connectivity index (χ0) is 79.9. The zero-order valence-electron chi connectivity index (χ0n) is 62.9. The van der Waals surface area contributed by atoms with Crippen LogP contribution in [0.25, 0.3) is 0 Å². The zero-order valence-corrected chi connectivity index (χ0v) is 67.8. The van der Waals surface area contributed by atoms with E-state index in [2.05, 4.69) is 92.4 Å². The number of ketones is 1. The van der Waals surface area contributed by atoms with Crippen LogP contribution in [0.1, 0.15) is 70.1 Å². The van der Waals surface area contributed by atoms with Crippen LogP contribution in [0.2, 0.25) is 15.1 Å². The number of nitro benzene ring substituents is 2. The summed E-state index contributed by atoms with van der Waals surface area (Å²) >= 11 is 19.0. The van der Waals surface area contributed by atoms with Crippen molar-refractivity contribution in [2.75, 3.05) is 118 Å². The Morgan fingerprint density at radius 2 is 0.853 bits per heavy atom. The molecular formula is C75H90Cl3N16O12P3. The summed E-state index contributed by atoms with van der Waals surface area (Å²) in [6.07, 6.45) is 9.90. The number of ether oxygens (including phenoxy) is 3. The fourth-order valence-electron chi connectivity index (χ4n) is 11.0. The lowest BCUT2D eigenvalue weighted by Crippen LogP contribution is -2.24. The Hall–Kier alpha value is -10.0. The van der Waals surface area contributed by atoms with Gasteiger partial charge in [-0.15, -0.1) is 0 Å². The van der Waals surface area contributed by atoms with Crippen LogP contribution in [0, 0.1) is 20.2 Å².